The zero-order valence-corrected chi connectivity index (χ0v) is 14.5. The van der Waals surface area contributed by atoms with Gasteiger partial charge < -0.3 is 5.32 Å². The zero-order chi connectivity index (χ0) is 16.6. The molecule has 2 aromatic carbocycles. The summed E-state index contributed by atoms with van der Waals surface area (Å²) in [5.41, 5.74) is 3.13. The van der Waals surface area contributed by atoms with Gasteiger partial charge in [0.2, 0.25) is 0 Å². The maximum atomic E-state index is 12.5. The van der Waals surface area contributed by atoms with Gasteiger partial charge in [-0.05, 0) is 38.0 Å². The molecule has 1 aliphatic rings. The smallest absolute Gasteiger partial charge is 0.187 e. The van der Waals surface area contributed by atoms with Crippen molar-refractivity contribution in [2.45, 2.75) is 25.8 Å². The lowest BCUT2D eigenvalue weighted by molar-refractivity contribution is 0.104. The van der Waals surface area contributed by atoms with Gasteiger partial charge in [-0.25, -0.2) is 0 Å². The minimum absolute atomic E-state index is 0.0530. The van der Waals surface area contributed by atoms with Crippen LogP contribution >= 0.6 is 23.2 Å². The monoisotopic (exact) mass is 345 g/mol. The van der Waals surface area contributed by atoms with Gasteiger partial charge in [0.25, 0.3) is 0 Å². The third-order valence-electron chi connectivity index (χ3n) is 3.85. The number of ketones is 1. The van der Waals surface area contributed by atoms with Gasteiger partial charge in [-0.2, -0.15) is 0 Å². The molecule has 2 nitrogen and oxygen atoms in total. The standard InChI is InChI=1S/C19H17Cl2NO/c1-19(2)11-13-8-14(20)9-15(21)18(13)16(22-19)10-17(23)12-6-4-3-5-7-12/h3-10,22H,11H2,1-2H3. The number of nitrogens with one attached hydrogen (secondary N) is 1. The predicted octanol–water partition coefficient (Wildman–Crippen LogP) is 5.14. The summed E-state index contributed by atoms with van der Waals surface area (Å²) >= 11 is 12.5. The first-order valence-corrected chi connectivity index (χ1v) is 8.19. The molecule has 2 aromatic rings. The van der Waals surface area contributed by atoms with E-state index in [1.165, 1.54) is 0 Å². The summed E-state index contributed by atoms with van der Waals surface area (Å²) in [6, 6.07) is 12.8. The van der Waals surface area contributed by atoms with E-state index in [0.29, 0.717) is 15.6 Å². The molecule has 1 aliphatic heterocycles. The summed E-state index contributed by atoms with van der Waals surface area (Å²) < 4.78 is 0. The average Bonchev–Trinajstić information content (AvgIpc) is 2.45. The first-order chi connectivity index (χ1) is 10.9. The average molecular weight is 346 g/mol. The molecule has 4 heteroatoms. The van der Waals surface area contributed by atoms with Crippen LogP contribution in [0.2, 0.25) is 10.0 Å². The number of hydrogen-bond donors (Lipinski definition) is 1. The number of carbonyl (C=O) groups is 1. The highest BCUT2D eigenvalue weighted by Crippen LogP contribution is 2.36. The fourth-order valence-electron chi connectivity index (χ4n) is 2.94. The molecule has 0 radical (unpaired) electrons. The van der Waals surface area contributed by atoms with Crippen LogP contribution in [-0.2, 0) is 6.42 Å². The van der Waals surface area contributed by atoms with Crippen LogP contribution < -0.4 is 5.32 Å². The SMILES string of the molecule is CC1(C)Cc2cc(Cl)cc(Cl)c2C(=CC(=O)c2ccccc2)N1. The van der Waals surface area contributed by atoms with E-state index in [2.05, 4.69) is 19.2 Å². The van der Waals surface area contributed by atoms with Crippen LogP contribution in [0.3, 0.4) is 0 Å². The Morgan fingerprint density at radius 3 is 2.57 bits per heavy atom. The van der Waals surface area contributed by atoms with Gasteiger partial charge in [0, 0.05) is 33.5 Å². The Morgan fingerprint density at radius 2 is 1.87 bits per heavy atom. The highest BCUT2D eigenvalue weighted by molar-refractivity contribution is 6.36. The fraction of sp³-hybridized carbons (Fsp3) is 0.211. The van der Waals surface area contributed by atoms with E-state index in [-0.39, 0.29) is 11.3 Å². The number of fused-ring (bicyclic) bond motifs is 1. The summed E-state index contributed by atoms with van der Waals surface area (Å²) in [6.07, 6.45) is 2.41. The van der Waals surface area contributed by atoms with Crippen LogP contribution in [0.1, 0.15) is 35.3 Å². The van der Waals surface area contributed by atoms with Crippen molar-refractivity contribution in [1.29, 1.82) is 0 Å². The number of rotatable bonds is 2. The summed E-state index contributed by atoms with van der Waals surface area (Å²) in [7, 11) is 0. The quantitative estimate of drug-likeness (QED) is 0.602. The van der Waals surface area contributed by atoms with E-state index in [4.69, 9.17) is 23.2 Å². The van der Waals surface area contributed by atoms with E-state index >= 15 is 0 Å². The first-order valence-electron chi connectivity index (χ1n) is 7.43. The van der Waals surface area contributed by atoms with Crippen molar-refractivity contribution in [3.63, 3.8) is 0 Å². The highest BCUT2D eigenvalue weighted by Gasteiger charge is 2.30. The van der Waals surface area contributed by atoms with E-state index in [1.807, 2.05) is 24.3 Å². The molecule has 0 spiro atoms. The molecule has 0 aromatic heterocycles. The zero-order valence-electron chi connectivity index (χ0n) is 13.0. The molecule has 3 rings (SSSR count). The molecule has 118 valence electrons. The van der Waals surface area contributed by atoms with Crippen molar-refractivity contribution in [1.82, 2.24) is 5.32 Å². The van der Waals surface area contributed by atoms with Crippen molar-refractivity contribution in [3.8, 4) is 0 Å². The second-order valence-corrected chi connectivity index (χ2v) is 7.24. The van der Waals surface area contributed by atoms with Crippen LogP contribution in [-0.4, -0.2) is 11.3 Å². The third-order valence-corrected chi connectivity index (χ3v) is 4.36. The minimum Gasteiger partial charge on any atom is -0.379 e. The van der Waals surface area contributed by atoms with Gasteiger partial charge in [-0.3, -0.25) is 4.79 Å². The Bertz CT molecular complexity index is 795. The van der Waals surface area contributed by atoms with Gasteiger partial charge in [0.05, 0.1) is 5.02 Å². The molecule has 1 N–H and O–H groups in total. The molecular weight excluding hydrogens is 329 g/mol. The second-order valence-electron chi connectivity index (χ2n) is 6.40. The molecule has 23 heavy (non-hydrogen) atoms. The maximum Gasteiger partial charge on any atom is 0.187 e. The largest absolute Gasteiger partial charge is 0.379 e. The van der Waals surface area contributed by atoms with E-state index < -0.39 is 0 Å². The lowest BCUT2D eigenvalue weighted by Crippen LogP contribution is -2.44. The Hall–Kier alpha value is -1.77. The van der Waals surface area contributed by atoms with Gasteiger partial charge in [-0.15, -0.1) is 0 Å². The van der Waals surface area contributed by atoms with Crippen molar-refractivity contribution in [3.05, 3.63) is 75.3 Å². The normalized spacial score (nSPS) is 17.5. The van der Waals surface area contributed by atoms with Gasteiger partial charge in [-0.1, -0.05) is 53.5 Å². The molecule has 1 heterocycles. The third kappa shape index (κ3) is 3.44. The van der Waals surface area contributed by atoms with Gasteiger partial charge >= 0.3 is 0 Å². The highest BCUT2D eigenvalue weighted by atomic mass is 35.5. The molecule has 0 saturated heterocycles. The van der Waals surface area contributed by atoms with Crippen molar-refractivity contribution >= 4 is 34.7 Å². The molecule has 0 aliphatic carbocycles. The summed E-state index contributed by atoms with van der Waals surface area (Å²) in [6.45, 7) is 4.18. The van der Waals surface area contributed by atoms with Crippen LogP contribution in [0.5, 0.6) is 0 Å². The number of carbonyl (C=O) groups excluding carboxylic acids is 1. The molecule has 0 bridgehead atoms. The Balaban J connectivity index is 2.10. The molecule has 0 amide bonds. The number of hydrogen-bond acceptors (Lipinski definition) is 2. The summed E-state index contributed by atoms with van der Waals surface area (Å²) in [5, 5.41) is 4.59. The first kappa shape index (κ1) is 16.1. The molecule has 0 atom stereocenters. The van der Waals surface area contributed by atoms with Crippen LogP contribution in [0.15, 0.2) is 48.5 Å². The topological polar surface area (TPSA) is 29.1 Å². The Morgan fingerprint density at radius 1 is 1.17 bits per heavy atom. The second kappa shape index (κ2) is 6.03. The Kier molecular flexibility index (Phi) is 4.22. The molecule has 0 unspecified atom stereocenters. The van der Waals surface area contributed by atoms with E-state index in [1.54, 1.807) is 24.3 Å². The Labute approximate surface area is 146 Å². The summed E-state index contributed by atoms with van der Waals surface area (Å²) in [4.78, 5) is 12.5. The lowest BCUT2D eigenvalue weighted by Gasteiger charge is -2.36. The van der Waals surface area contributed by atoms with E-state index in [9.17, 15) is 4.79 Å². The predicted molar refractivity (Wildman–Crippen MR) is 96.1 cm³/mol. The maximum absolute atomic E-state index is 12.5. The minimum atomic E-state index is -0.177. The molecule has 0 fully saturated rings. The number of allylic oxidation sites excluding steroid dienone is 1. The van der Waals surface area contributed by atoms with Crippen molar-refractivity contribution < 1.29 is 4.79 Å². The summed E-state index contributed by atoms with van der Waals surface area (Å²) in [5.74, 6) is -0.0530. The van der Waals surface area contributed by atoms with Gasteiger partial charge in [0.1, 0.15) is 0 Å². The van der Waals surface area contributed by atoms with Crippen molar-refractivity contribution in [2.75, 3.05) is 0 Å². The van der Waals surface area contributed by atoms with Crippen LogP contribution in [0.4, 0.5) is 0 Å². The van der Waals surface area contributed by atoms with Gasteiger partial charge in [0.15, 0.2) is 5.78 Å². The van der Waals surface area contributed by atoms with Crippen LogP contribution in [0.25, 0.3) is 5.70 Å². The lowest BCUT2D eigenvalue weighted by atomic mass is 9.85. The van der Waals surface area contributed by atoms with Crippen molar-refractivity contribution in [2.24, 2.45) is 0 Å². The molecular formula is C19H17Cl2NO. The number of halogens is 2. The van der Waals surface area contributed by atoms with Crippen LogP contribution in [0, 0.1) is 0 Å². The number of benzene rings is 2. The van der Waals surface area contributed by atoms with E-state index in [0.717, 1.165) is 23.2 Å². The fourth-order valence-corrected chi connectivity index (χ4v) is 3.58. The molecule has 0 saturated carbocycles.